The second kappa shape index (κ2) is 11.2. The van der Waals surface area contributed by atoms with Crippen molar-refractivity contribution in [2.24, 2.45) is 11.7 Å². The first-order valence-corrected chi connectivity index (χ1v) is 14.6. The second-order valence-electron chi connectivity index (χ2n) is 9.57. The summed E-state index contributed by atoms with van der Waals surface area (Å²) in [5, 5.41) is -0.780. The van der Waals surface area contributed by atoms with Gasteiger partial charge in [-0.2, -0.15) is 13.2 Å². The topological polar surface area (TPSA) is 135 Å². The molecule has 4 rings (SSSR count). The molecule has 9 nitrogen and oxygen atoms in total. The molecule has 0 aliphatic carbocycles. The number of nitrogens with zero attached hydrogens (tertiary/aromatic N) is 2. The Morgan fingerprint density at radius 2 is 1.77 bits per heavy atom. The van der Waals surface area contributed by atoms with Gasteiger partial charge in [-0.05, 0) is 61.3 Å². The number of nitrogens with two attached hydrogens (primary N) is 1. The lowest BCUT2D eigenvalue weighted by Crippen LogP contribution is -2.39. The fourth-order valence-electron chi connectivity index (χ4n) is 4.85. The molecule has 1 aliphatic heterocycles. The highest BCUT2D eigenvalue weighted by atomic mass is 35.5. The van der Waals surface area contributed by atoms with Crippen LogP contribution >= 0.6 is 23.2 Å². The van der Waals surface area contributed by atoms with Crippen LogP contribution in [0.5, 0.6) is 0 Å². The Morgan fingerprint density at radius 3 is 2.35 bits per heavy atom. The number of benzene rings is 2. The molecule has 0 spiro atoms. The van der Waals surface area contributed by atoms with Gasteiger partial charge in [0.25, 0.3) is 5.56 Å². The van der Waals surface area contributed by atoms with Crippen LogP contribution in [-0.2, 0) is 33.9 Å². The highest BCUT2D eigenvalue weighted by Gasteiger charge is 2.37. The van der Waals surface area contributed by atoms with Gasteiger partial charge in [0.15, 0.2) is 9.84 Å². The van der Waals surface area contributed by atoms with Gasteiger partial charge in [-0.15, -0.1) is 0 Å². The number of aromatic amines is 1. The van der Waals surface area contributed by atoms with Gasteiger partial charge in [-0.1, -0.05) is 30.1 Å². The largest absolute Gasteiger partial charge is 0.416 e. The van der Waals surface area contributed by atoms with E-state index in [0.717, 1.165) is 0 Å². The maximum absolute atomic E-state index is 14.2. The third-order valence-corrected chi connectivity index (χ3v) is 9.54. The monoisotopic (exact) mass is 620 g/mol. The standard InChI is InChI=1S/C25H25Cl2F3N4O5S/c1-2-40(38,39)19-4-3-15(26)9-14(19)11-34-23(36)16-10-18(25(28,29)30)17(20(27)21(16)32-24(34)37)12-33-7-5-13(6-8-33)22(31)35/h3-4,9-10,13H,2,5-8,11-12H2,1H3,(H2,31,35)(H,32,37). The van der Waals surface area contributed by atoms with Crippen LogP contribution in [0.15, 0.2) is 38.8 Å². The number of fused-ring (bicyclic) bond motifs is 1. The number of carbonyl (C=O) groups excluding carboxylic acids is 1. The van der Waals surface area contributed by atoms with E-state index in [-0.39, 0.29) is 44.8 Å². The van der Waals surface area contributed by atoms with Crippen molar-refractivity contribution in [3.63, 3.8) is 0 Å². The lowest BCUT2D eigenvalue weighted by Gasteiger charge is -2.31. The van der Waals surface area contributed by atoms with E-state index in [9.17, 15) is 36.0 Å². The van der Waals surface area contributed by atoms with E-state index in [1.54, 1.807) is 4.90 Å². The lowest BCUT2D eigenvalue weighted by atomic mass is 9.95. The number of piperidine rings is 1. The molecule has 1 aliphatic rings. The molecule has 0 bridgehead atoms. The lowest BCUT2D eigenvalue weighted by molar-refractivity contribution is -0.138. The Labute approximate surface area is 236 Å². The molecule has 1 saturated heterocycles. The number of H-pyrrole nitrogens is 1. The number of rotatable bonds is 7. The van der Waals surface area contributed by atoms with Crippen molar-refractivity contribution in [3.05, 3.63) is 71.8 Å². The summed E-state index contributed by atoms with van der Waals surface area (Å²) < 4.78 is 68.4. The minimum absolute atomic E-state index is 0.0272. The molecule has 15 heteroatoms. The van der Waals surface area contributed by atoms with Gasteiger partial charge >= 0.3 is 11.9 Å². The Hall–Kier alpha value is -2.87. The third-order valence-electron chi connectivity index (χ3n) is 7.06. The smallest absolute Gasteiger partial charge is 0.369 e. The van der Waals surface area contributed by atoms with Crippen LogP contribution in [0.1, 0.15) is 36.5 Å². The normalized spacial score (nSPS) is 15.6. The first-order chi connectivity index (χ1) is 18.6. The fourth-order valence-corrected chi connectivity index (χ4v) is 6.46. The van der Waals surface area contributed by atoms with E-state index >= 15 is 0 Å². The average molecular weight is 621 g/mol. The number of hydrogen-bond acceptors (Lipinski definition) is 6. The summed E-state index contributed by atoms with van der Waals surface area (Å²) in [5.74, 6) is -1.10. The molecular formula is C25H25Cl2F3N4O5S. The van der Waals surface area contributed by atoms with Crippen molar-refractivity contribution >= 4 is 49.8 Å². The molecule has 1 aromatic heterocycles. The molecule has 2 heterocycles. The number of alkyl halides is 3. The average Bonchev–Trinajstić information content (AvgIpc) is 2.88. The maximum atomic E-state index is 14.2. The zero-order valence-electron chi connectivity index (χ0n) is 21.1. The Kier molecular flexibility index (Phi) is 8.42. The highest BCUT2D eigenvalue weighted by molar-refractivity contribution is 7.91. The molecule has 0 saturated carbocycles. The van der Waals surface area contributed by atoms with Gasteiger partial charge in [-0.3, -0.25) is 19.1 Å². The van der Waals surface area contributed by atoms with E-state index in [1.165, 1.54) is 25.1 Å². The van der Waals surface area contributed by atoms with E-state index < -0.39 is 55.7 Å². The molecule has 3 aromatic rings. The van der Waals surface area contributed by atoms with Crippen LogP contribution in [0, 0.1) is 5.92 Å². The van der Waals surface area contributed by atoms with Gasteiger partial charge in [0.2, 0.25) is 5.91 Å². The quantitative estimate of drug-likeness (QED) is 0.415. The maximum Gasteiger partial charge on any atom is 0.416 e. The van der Waals surface area contributed by atoms with Crippen molar-refractivity contribution in [1.82, 2.24) is 14.5 Å². The van der Waals surface area contributed by atoms with E-state index in [1.807, 2.05) is 0 Å². The molecule has 40 heavy (non-hydrogen) atoms. The molecule has 0 atom stereocenters. The van der Waals surface area contributed by atoms with Crippen LogP contribution in [-0.4, -0.2) is 47.6 Å². The van der Waals surface area contributed by atoms with E-state index in [0.29, 0.717) is 36.6 Å². The summed E-state index contributed by atoms with van der Waals surface area (Å²) in [6.45, 7) is 1.23. The number of carbonyl (C=O) groups is 1. The van der Waals surface area contributed by atoms with Crippen LogP contribution in [0.25, 0.3) is 10.9 Å². The van der Waals surface area contributed by atoms with Crippen LogP contribution in [0.4, 0.5) is 13.2 Å². The highest BCUT2D eigenvalue weighted by Crippen LogP contribution is 2.39. The number of sulfone groups is 1. The minimum Gasteiger partial charge on any atom is -0.369 e. The predicted molar refractivity (Wildman–Crippen MR) is 144 cm³/mol. The molecule has 1 amide bonds. The molecule has 0 radical (unpaired) electrons. The van der Waals surface area contributed by atoms with Crippen molar-refractivity contribution in [2.45, 2.75) is 43.9 Å². The summed E-state index contributed by atoms with van der Waals surface area (Å²) in [7, 11) is -3.78. The van der Waals surface area contributed by atoms with Crippen LogP contribution in [0.2, 0.25) is 10.0 Å². The molecule has 0 unspecified atom stereocenters. The molecule has 1 fully saturated rings. The summed E-state index contributed by atoms with van der Waals surface area (Å²) in [4.78, 5) is 41.8. The summed E-state index contributed by atoms with van der Waals surface area (Å²) in [6.07, 6.45) is -4.13. The van der Waals surface area contributed by atoms with Crippen molar-refractivity contribution in [3.8, 4) is 0 Å². The van der Waals surface area contributed by atoms with Gasteiger partial charge in [-0.25, -0.2) is 13.2 Å². The zero-order chi connectivity index (χ0) is 29.6. The Bertz CT molecular complexity index is 1710. The summed E-state index contributed by atoms with van der Waals surface area (Å²) in [6, 6.07) is 4.50. The van der Waals surface area contributed by atoms with Gasteiger partial charge in [0.05, 0.1) is 38.7 Å². The number of nitrogens with one attached hydrogen (secondary N) is 1. The fraction of sp³-hybridized carbons (Fsp3) is 0.400. The third kappa shape index (κ3) is 5.92. The zero-order valence-corrected chi connectivity index (χ0v) is 23.5. The van der Waals surface area contributed by atoms with Crippen LogP contribution in [0.3, 0.4) is 0 Å². The number of primary amides is 1. The van der Waals surface area contributed by atoms with Gasteiger partial charge in [0.1, 0.15) is 0 Å². The van der Waals surface area contributed by atoms with E-state index in [2.05, 4.69) is 4.98 Å². The van der Waals surface area contributed by atoms with Crippen molar-refractivity contribution in [1.29, 1.82) is 0 Å². The molecule has 2 aromatic carbocycles. The van der Waals surface area contributed by atoms with Crippen molar-refractivity contribution < 1.29 is 26.4 Å². The Morgan fingerprint density at radius 1 is 1.12 bits per heavy atom. The first-order valence-electron chi connectivity index (χ1n) is 12.2. The van der Waals surface area contributed by atoms with Gasteiger partial charge in [0, 0.05) is 17.5 Å². The molecular weight excluding hydrogens is 596 g/mol. The number of likely N-dealkylation sites (tertiary alicyclic amines) is 1. The van der Waals surface area contributed by atoms with Crippen molar-refractivity contribution in [2.75, 3.05) is 18.8 Å². The minimum atomic E-state index is -4.89. The first kappa shape index (κ1) is 30.1. The molecule has 216 valence electrons. The Balaban J connectivity index is 1.83. The second-order valence-corrected chi connectivity index (χ2v) is 12.6. The number of halogens is 5. The molecule has 3 N–H and O–H groups in total. The predicted octanol–water partition coefficient (Wildman–Crippen LogP) is 3.55. The number of amides is 1. The summed E-state index contributed by atoms with van der Waals surface area (Å²) in [5.41, 5.74) is 1.55. The van der Waals surface area contributed by atoms with E-state index in [4.69, 9.17) is 28.9 Å². The number of hydrogen-bond donors (Lipinski definition) is 2. The van der Waals surface area contributed by atoms with Gasteiger partial charge < -0.3 is 10.7 Å². The van der Waals surface area contributed by atoms with Crippen LogP contribution < -0.4 is 17.0 Å². The number of aromatic nitrogens is 2. The summed E-state index contributed by atoms with van der Waals surface area (Å²) >= 11 is 12.4. The SMILES string of the molecule is CCS(=O)(=O)c1ccc(Cl)cc1Cn1c(=O)[nH]c2c(Cl)c(CN3CCC(C(N)=O)CC3)c(C(F)(F)F)cc2c1=O.